The van der Waals surface area contributed by atoms with Crippen molar-refractivity contribution >= 4 is 61.4 Å². The average molecular weight is 732 g/mol. The number of sulfonamides is 1. The second-order valence-corrected chi connectivity index (χ2v) is 13.9. The number of aromatic nitrogens is 3. The molecule has 2 aromatic heterocycles. The van der Waals surface area contributed by atoms with Crippen LogP contribution in [0, 0.1) is 24.0 Å². The molecule has 4 aromatic carbocycles. The van der Waals surface area contributed by atoms with Gasteiger partial charge in [0.25, 0.3) is 21.6 Å². The Morgan fingerprint density at radius 2 is 1.68 bits per heavy atom. The lowest BCUT2D eigenvalue weighted by Crippen LogP contribution is -2.32. The summed E-state index contributed by atoms with van der Waals surface area (Å²) in [6.45, 7) is 4.05. The molecule has 0 aliphatic rings. The van der Waals surface area contributed by atoms with Gasteiger partial charge < -0.3 is 10.1 Å². The number of anilines is 1. The third kappa shape index (κ3) is 7.54. The van der Waals surface area contributed by atoms with E-state index < -0.39 is 20.9 Å². The first-order valence-corrected chi connectivity index (χ1v) is 17.3. The van der Waals surface area contributed by atoms with Gasteiger partial charge in [-0.2, -0.15) is 5.10 Å². The van der Waals surface area contributed by atoms with Crippen molar-refractivity contribution in [3.8, 4) is 11.5 Å². The zero-order valence-electron chi connectivity index (χ0n) is 26.6. The Morgan fingerprint density at radius 3 is 2.36 bits per heavy atom. The van der Waals surface area contributed by atoms with Crippen LogP contribution >= 0.6 is 23.2 Å². The Morgan fingerprint density at radius 1 is 0.940 bits per heavy atom. The van der Waals surface area contributed by atoms with Crippen LogP contribution in [0.2, 0.25) is 10.0 Å². The molecule has 6 rings (SSSR count). The number of aryl methyl sites for hydroxylation is 2. The first kappa shape index (κ1) is 34.4. The SMILES string of the molecule is Cc1cc(Oc2ccc(Cn3nc4cc(Cl)ccc4c3C(=O)NS(=O)(=O)c3ccc([N+](=O)[O-])c(NCc4cccnc4)c3)cc2)cc(C)c1Cl. The van der Waals surface area contributed by atoms with Gasteiger partial charge in [-0.15, -0.1) is 0 Å². The molecule has 1 amide bonds. The van der Waals surface area contributed by atoms with Crippen molar-refractivity contribution in [2.24, 2.45) is 0 Å². The highest BCUT2D eigenvalue weighted by Gasteiger charge is 2.27. The Labute approximate surface area is 296 Å². The summed E-state index contributed by atoms with van der Waals surface area (Å²) in [5, 5.41) is 20.6. The topological polar surface area (TPSA) is 158 Å². The minimum absolute atomic E-state index is 0.0236. The molecule has 0 bridgehead atoms. The Balaban J connectivity index is 1.26. The van der Waals surface area contributed by atoms with Crippen molar-refractivity contribution in [2.45, 2.75) is 31.8 Å². The number of nitrogens with one attached hydrogen (secondary N) is 2. The second kappa shape index (κ2) is 14.2. The third-order valence-electron chi connectivity index (χ3n) is 7.73. The molecule has 2 heterocycles. The van der Waals surface area contributed by atoms with E-state index in [1.54, 1.807) is 67.0 Å². The van der Waals surface area contributed by atoms with E-state index in [2.05, 4.69) is 20.1 Å². The predicted octanol–water partition coefficient (Wildman–Crippen LogP) is 7.83. The molecule has 0 saturated carbocycles. The number of nitro benzene ring substituents is 1. The smallest absolute Gasteiger partial charge is 0.292 e. The maximum Gasteiger partial charge on any atom is 0.292 e. The Bertz CT molecular complexity index is 2340. The number of benzene rings is 4. The maximum atomic E-state index is 13.8. The number of fused-ring (bicyclic) bond motifs is 1. The van der Waals surface area contributed by atoms with Crippen molar-refractivity contribution in [3.05, 3.63) is 145 Å². The van der Waals surface area contributed by atoms with Crippen LogP contribution in [0.3, 0.4) is 0 Å². The van der Waals surface area contributed by atoms with Gasteiger partial charge in [0.1, 0.15) is 22.9 Å². The van der Waals surface area contributed by atoms with Gasteiger partial charge in [-0.25, -0.2) is 13.1 Å². The van der Waals surface area contributed by atoms with Gasteiger partial charge >= 0.3 is 0 Å². The van der Waals surface area contributed by atoms with E-state index in [0.29, 0.717) is 32.4 Å². The van der Waals surface area contributed by atoms with Crippen LogP contribution in [-0.4, -0.2) is 34.0 Å². The van der Waals surface area contributed by atoms with Crippen molar-refractivity contribution in [3.63, 3.8) is 0 Å². The van der Waals surface area contributed by atoms with Crippen molar-refractivity contribution in [1.82, 2.24) is 19.5 Å². The summed E-state index contributed by atoms with van der Waals surface area (Å²) in [6, 6.07) is 22.3. The molecule has 12 nitrogen and oxygen atoms in total. The molecular formula is C35H28Cl2N6O6S. The predicted molar refractivity (Wildman–Crippen MR) is 191 cm³/mol. The number of amides is 1. The molecule has 0 aliphatic heterocycles. The van der Waals surface area contributed by atoms with E-state index in [1.807, 2.05) is 26.0 Å². The zero-order valence-corrected chi connectivity index (χ0v) is 28.9. The lowest BCUT2D eigenvalue weighted by molar-refractivity contribution is -0.384. The van der Waals surface area contributed by atoms with Gasteiger partial charge in [0.2, 0.25) is 0 Å². The van der Waals surface area contributed by atoms with Crippen molar-refractivity contribution in [2.75, 3.05) is 5.32 Å². The molecule has 0 radical (unpaired) electrons. The molecule has 0 aliphatic carbocycles. The number of nitro groups is 1. The largest absolute Gasteiger partial charge is 0.457 e. The Kier molecular flexibility index (Phi) is 9.73. The minimum Gasteiger partial charge on any atom is -0.457 e. The number of carbonyl (C=O) groups excluding carboxylic acids is 1. The number of hydrogen-bond acceptors (Lipinski definition) is 9. The highest BCUT2D eigenvalue weighted by atomic mass is 35.5. The zero-order chi connectivity index (χ0) is 35.6. The molecule has 6 aromatic rings. The summed E-state index contributed by atoms with van der Waals surface area (Å²) in [5.41, 5.74) is 3.22. The van der Waals surface area contributed by atoms with E-state index in [-0.39, 0.29) is 35.1 Å². The van der Waals surface area contributed by atoms with Gasteiger partial charge in [-0.05, 0) is 96.8 Å². The third-order valence-corrected chi connectivity index (χ3v) is 9.89. The van der Waals surface area contributed by atoms with Crippen molar-refractivity contribution < 1.29 is 22.9 Å². The molecule has 0 spiro atoms. The highest BCUT2D eigenvalue weighted by molar-refractivity contribution is 7.90. The lowest BCUT2D eigenvalue weighted by Gasteiger charge is -2.12. The summed E-state index contributed by atoms with van der Waals surface area (Å²) in [7, 11) is -4.51. The molecule has 0 atom stereocenters. The molecule has 0 fully saturated rings. The van der Waals surface area contributed by atoms with E-state index in [1.165, 1.54) is 4.68 Å². The molecule has 0 saturated heterocycles. The number of pyridine rings is 1. The van der Waals surface area contributed by atoms with E-state index >= 15 is 0 Å². The van der Waals surface area contributed by atoms with Crippen LogP contribution in [0.1, 0.15) is 32.7 Å². The number of halogens is 2. The van der Waals surface area contributed by atoms with Gasteiger partial charge in [0, 0.05) is 40.4 Å². The normalized spacial score (nSPS) is 11.4. The number of carbonyl (C=O) groups is 1. The van der Waals surface area contributed by atoms with Crippen LogP contribution in [0.5, 0.6) is 11.5 Å². The highest BCUT2D eigenvalue weighted by Crippen LogP contribution is 2.31. The molecule has 50 heavy (non-hydrogen) atoms. The molecule has 0 unspecified atom stereocenters. The Hall–Kier alpha value is -5.50. The lowest BCUT2D eigenvalue weighted by atomic mass is 10.1. The fourth-order valence-electron chi connectivity index (χ4n) is 5.31. The minimum atomic E-state index is -4.51. The fourth-order valence-corrected chi connectivity index (χ4v) is 6.56. The van der Waals surface area contributed by atoms with Gasteiger partial charge in [-0.3, -0.25) is 24.6 Å². The summed E-state index contributed by atoms with van der Waals surface area (Å²) < 4.78 is 36.6. The summed E-state index contributed by atoms with van der Waals surface area (Å²) in [4.78, 5) is 28.5. The molecular weight excluding hydrogens is 703 g/mol. The number of ether oxygens (including phenoxy) is 1. The summed E-state index contributed by atoms with van der Waals surface area (Å²) in [6.07, 6.45) is 3.16. The molecule has 15 heteroatoms. The first-order chi connectivity index (χ1) is 23.9. The van der Waals surface area contributed by atoms with E-state index in [9.17, 15) is 23.3 Å². The number of hydrogen-bond donors (Lipinski definition) is 2. The van der Waals surface area contributed by atoms with Gasteiger partial charge in [0.15, 0.2) is 0 Å². The van der Waals surface area contributed by atoms with Crippen molar-refractivity contribution in [1.29, 1.82) is 0 Å². The summed E-state index contributed by atoms with van der Waals surface area (Å²) in [5.74, 6) is 0.261. The fraction of sp³-hybridized carbons (Fsp3) is 0.114. The maximum absolute atomic E-state index is 13.8. The van der Waals surface area contributed by atoms with E-state index in [0.717, 1.165) is 40.5 Å². The van der Waals surface area contributed by atoms with E-state index in [4.69, 9.17) is 27.9 Å². The first-order valence-electron chi connectivity index (χ1n) is 15.1. The second-order valence-electron chi connectivity index (χ2n) is 11.4. The molecule has 254 valence electrons. The van der Waals surface area contributed by atoms with Crippen LogP contribution in [0.15, 0.2) is 102 Å². The summed E-state index contributed by atoms with van der Waals surface area (Å²) >= 11 is 12.5. The monoisotopic (exact) mass is 730 g/mol. The average Bonchev–Trinajstić information content (AvgIpc) is 3.44. The number of rotatable bonds is 11. The van der Waals surface area contributed by atoms with Crippen LogP contribution in [0.25, 0.3) is 10.9 Å². The van der Waals surface area contributed by atoms with Crippen LogP contribution in [0.4, 0.5) is 11.4 Å². The van der Waals surface area contributed by atoms with Crippen LogP contribution < -0.4 is 14.8 Å². The molecule has 2 N–H and O–H groups in total. The van der Waals surface area contributed by atoms with Crippen LogP contribution in [-0.2, 0) is 23.1 Å². The quantitative estimate of drug-likeness (QED) is 0.100. The van der Waals surface area contributed by atoms with Gasteiger partial charge in [0.05, 0.1) is 21.9 Å². The van der Waals surface area contributed by atoms with Gasteiger partial charge in [-0.1, -0.05) is 41.4 Å². The number of nitrogens with zero attached hydrogens (tertiary/aromatic N) is 4. The standard InChI is InChI=1S/C35H28Cl2N6O6S/c1-21-14-27(15-22(2)33(21)37)49-26-8-5-23(6-9-26)20-42-34(29-11-7-25(36)16-30(29)40-42)35(44)41-50(47,48)28-10-12-32(43(45)46)31(17-28)39-19-24-4-3-13-38-18-24/h3-18,39H,19-20H2,1-2H3,(H,41,44).